The van der Waals surface area contributed by atoms with Crippen LogP contribution in [0.25, 0.3) is 11.0 Å². The minimum Gasteiger partial charge on any atom is -0.464 e. The highest BCUT2D eigenvalue weighted by molar-refractivity contribution is 5.99. The summed E-state index contributed by atoms with van der Waals surface area (Å²) in [7, 11) is 0. The van der Waals surface area contributed by atoms with E-state index in [9.17, 15) is 4.79 Å². The number of carbonyl (C=O) groups excluding carboxylic acids is 1. The number of rotatable bonds is 3. The Bertz CT molecular complexity index is 482. The van der Waals surface area contributed by atoms with Gasteiger partial charge in [0.15, 0.2) is 5.78 Å². The van der Waals surface area contributed by atoms with E-state index in [0.717, 1.165) is 11.0 Å². The molecule has 0 bridgehead atoms. The first kappa shape index (κ1) is 9.93. The van der Waals surface area contributed by atoms with E-state index in [1.165, 1.54) is 0 Å². The summed E-state index contributed by atoms with van der Waals surface area (Å²) >= 11 is 0. The average molecular weight is 204 g/mol. The molecule has 3 heteroatoms. The molecule has 0 fully saturated rings. The fraction of sp³-hybridized carbons (Fsp3) is 0.250. The molecular weight excluding hydrogens is 192 g/mol. The lowest BCUT2D eigenvalue weighted by atomic mass is 10.0. The van der Waals surface area contributed by atoms with Crippen molar-refractivity contribution in [3.05, 3.63) is 36.1 Å². The zero-order valence-electron chi connectivity index (χ0n) is 8.43. The van der Waals surface area contributed by atoms with Gasteiger partial charge in [0.2, 0.25) is 0 Å². The third-order valence-electron chi connectivity index (χ3n) is 2.26. The zero-order valence-corrected chi connectivity index (χ0v) is 8.43. The molecule has 0 radical (unpaired) electrons. The Kier molecular flexibility index (Phi) is 2.56. The van der Waals surface area contributed by atoms with Gasteiger partial charge in [-0.2, -0.15) is 0 Å². The Morgan fingerprint density at radius 2 is 2.27 bits per heavy atom. The first-order chi connectivity index (χ1) is 7.16. The van der Waals surface area contributed by atoms with Crippen LogP contribution in [0, 0.1) is 0 Å². The van der Waals surface area contributed by atoms with E-state index in [2.05, 4.69) is 0 Å². The van der Waals surface area contributed by atoms with E-state index >= 15 is 0 Å². The quantitative estimate of drug-likeness (QED) is 0.781. The highest BCUT2D eigenvalue weighted by atomic mass is 16.3. The fourth-order valence-electron chi connectivity index (χ4n) is 1.53. The van der Waals surface area contributed by atoms with Crippen molar-refractivity contribution in [2.75, 3.05) is 0 Å². The van der Waals surface area contributed by atoms with Gasteiger partial charge in [0.25, 0.3) is 0 Å². The number of furan rings is 1. The van der Waals surface area contributed by atoms with Crippen molar-refractivity contribution in [1.82, 2.24) is 0 Å². The number of aliphatic hydroxyl groups is 1. The molecule has 15 heavy (non-hydrogen) atoms. The van der Waals surface area contributed by atoms with Crippen LogP contribution in [0.1, 0.15) is 23.7 Å². The molecule has 3 nitrogen and oxygen atoms in total. The molecule has 0 amide bonds. The fourth-order valence-corrected chi connectivity index (χ4v) is 1.53. The van der Waals surface area contributed by atoms with Gasteiger partial charge < -0.3 is 9.52 Å². The molecule has 2 aromatic rings. The van der Waals surface area contributed by atoms with Crippen molar-refractivity contribution in [1.29, 1.82) is 0 Å². The van der Waals surface area contributed by atoms with Gasteiger partial charge in [0.1, 0.15) is 5.58 Å². The molecule has 1 unspecified atom stereocenters. The average Bonchev–Trinajstić information content (AvgIpc) is 2.62. The normalized spacial score (nSPS) is 12.9. The first-order valence-corrected chi connectivity index (χ1v) is 4.85. The van der Waals surface area contributed by atoms with E-state index in [1.54, 1.807) is 31.4 Å². The largest absolute Gasteiger partial charge is 0.464 e. The van der Waals surface area contributed by atoms with Crippen LogP contribution in [-0.2, 0) is 0 Å². The van der Waals surface area contributed by atoms with E-state index in [1.807, 2.05) is 6.07 Å². The van der Waals surface area contributed by atoms with Crippen LogP contribution in [0.2, 0.25) is 0 Å². The van der Waals surface area contributed by atoms with Crippen LogP contribution in [0.15, 0.2) is 34.9 Å². The van der Waals surface area contributed by atoms with Crippen LogP contribution in [0.3, 0.4) is 0 Å². The maximum atomic E-state index is 11.6. The van der Waals surface area contributed by atoms with E-state index in [-0.39, 0.29) is 12.2 Å². The van der Waals surface area contributed by atoms with Crippen LogP contribution >= 0.6 is 0 Å². The molecule has 0 aliphatic heterocycles. The van der Waals surface area contributed by atoms with Crippen molar-refractivity contribution in [2.24, 2.45) is 0 Å². The van der Waals surface area contributed by atoms with Gasteiger partial charge in [-0.1, -0.05) is 0 Å². The maximum Gasteiger partial charge on any atom is 0.165 e. The second-order valence-electron chi connectivity index (χ2n) is 3.65. The zero-order chi connectivity index (χ0) is 10.8. The molecule has 1 N–H and O–H groups in total. The topological polar surface area (TPSA) is 50.4 Å². The summed E-state index contributed by atoms with van der Waals surface area (Å²) < 4.78 is 5.17. The molecule has 78 valence electrons. The predicted molar refractivity (Wildman–Crippen MR) is 56.8 cm³/mol. The molecule has 0 saturated carbocycles. The maximum absolute atomic E-state index is 11.6. The van der Waals surface area contributed by atoms with Crippen molar-refractivity contribution < 1.29 is 14.3 Å². The molecule has 0 saturated heterocycles. The molecule has 1 aromatic heterocycles. The minimum atomic E-state index is -0.599. The Balaban J connectivity index is 2.31. The Morgan fingerprint density at radius 1 is 1.47 bits per heavy atom. The second kappa shape index (κ2) is 3.87. The van der Waals surface area contributed by atoms with Gasteiger partial charge in [-0.3, -0.25) is 4.79 Å². The lowest BCUT2D eigenvalue weighted by molar-refractivity contribution is 0.0901. The van der Waals surface area contributed by atoms with E-state index < -0.39 is 6.10 Å². The lowest BCUT2D eigenvalue weighted by Gasteiger charge is -2.03. The van der Waals surface area contributed by atoms with Crippen molar-refractivity contribution in [2.45, 2.75) is 19.4 Å². The van der Waals surface area contributed by atoms with Gasteiger partial charge in [0, 0.05) is 17.4 Å². The van der Waals surface area contributed by atoms with Crippen LogP contribution in [-0.4, -0.2) is 17.0 Å². The van der Waals surface area contributed by atoms with Crippen LogP contribution in [0.4, 0.5) is 0 Å². The molecular formula is C12H12O3. The Morgan fingerprint density at radius 3 is 3.00 bits per heavy atom. The van der Waals surface area contributed by atoms with Crippen molar-refractivity contribution >= 4 is 16.8 Å². The summed E-state index contributed by atoms with van der Waals surface area (Å²) in [5.74, 6) is -0.0481. The van der Waals surface area contributed by atoms with E-state index in [0.29, 0.717) is 5.56 Å². The number of hydrogen-bond acceptors (Lipinski definition) is 3. The molecule has 1 atom stereocenters. The van der Waals surface area contributed by atoms with Gasteiger partial charge in [-0.25, -0.2) is 0 Å². The number of aliphatic hydroxyl groups excluding tert-OH is 1. The predicted octanol–water partition coefficient (Wildman–Crippen LogP) is 2.39. The number of Topliss-reactive ketones (excluding diaryl/α,β-unsaturated/α-hetero) is 1. The molecule has 0 aliphatic carbocycles. The first-order valence-electron chi connectivity index (χ1n) is 4.85. The summed E-state index contributed by atoms with van der Waals surface area (Å²) in [5, 5.41) is 10.0. The standard InChI is InChI=1S/C12H12O3/c1-8(13)6-11(14)9-2-3-12-10(7-9)4-5-15-12/h2-5,7-8,13H,6H2,1H3. The molecule has 1 aromatic carbocycles. The summed E-state index contributed by atoms with van der Waals surface area (Å²) in [6.45, 7) is 1.61. The highest BCUT2D eigenvalue weighted by Gasteiger charge is 2.10. The smallest absolute Gasteiger partial charge is 0.165 e. The number of carbonyl (C=O) groups is 1. The lowest BCUT2D eigenvalue weighted by Crippen LogP contribution is -2.09. The van der Waals surface area contributed by atoms with Crippen molar-refractivity contribution in [3.8, 4) is 0 Å². The number of benzene rings is 1. The third kappa shape index (κ3) is 2.07. The molecule has 0 aliphatic rings. The molecule has 1 heterocycles. The number of hydrogen-bond donors (Lipinski definition) is 1. The monoisotopic (exact) mass is 204 g/mol. The summed E-state index contributed by atoms with van der Waals surface area (Å²) in [5.41, 5.74) is 1.38. The minimum absolute atomic E-state index is 0.0481. The number of fused-ring (bicyclic) bond motifs is 1. The van der Waals surface area contributed by atoms with Crippen molar-refractivity contribution in [3.63, 3.8) is 0 Å². The highest BCUT2D eigenvalue weighted by Crippen LogP contribution is 2.18. The van der Waals surface area contributed by atoms with Gasteiger partial charge in [-0.05, 0) is 31.2 Å². The van der Waals surface area contributed by atoms with Gasteiger partial charge in [-0.15, -0.1) is 0 Å². The summed E-state index contributed by atoms with van der Waals surface area (Å²) in [6.07, 6.45) is 1.15. The number of ketones is 1. The summed E-state index contributed by atoms with van der Waals surface area (Å²) in [4.78, 5) is 11.6. The SMILES string of the molecule is CC(O)CC(=O)c1ccc2occc2c1. The Hall–Kier alpha value is -1.61. The molecule has 0 spiro atoms. The third-order valence-corrected chi connectivity index (χ3v) is 2.26. The van der Waals surface area contributed by atoms with Gasteiger partial charge >= 0.3 is 0 Å². The Labute approximate surface area is 87.3 Å². The van der Waals surface area contributed by atoms with Crippen LogP contribution in [0.5, 0.6) is 0 Å². The van der Waals surface area contributed by atoms with Crippen LogP contribution < -0.4 is 0 Å². The van der Waals surface area contributed by atoms with Gasteiger partial charge in [0.05, 0.1) is 12.4 Å². The summed E-state index contributed by atoms with van der Waals surface area (Å²) in [6, 6.07) is 7.08. The second-order valence-corrected chi connectivity index (χ2v) is 3.65. The molecule has 2 rings (SSSR count). The van der Waals surface area contributed by atoms with E-state index in [4.69, 9.17) is 9.52 Å².